The van der Waals surface area contributed by atoms with Gasteiger partial charge >= 0.3 is 5.97 Å². The van der Waals surface area contributed by atoms with Crippen molar-refractivity contribution in [2.24, 2.45) is 0 Å². The molecule has 0 spiro atoms. The van der Waals surface area contributed by atoms with E-state index in [1.807, 2.05) is 0 Å². The molecule has 0 N–H and O–H groups in total. The Balaban J connectivity index is 3.08. The number of esters is 1. The maximum Gasteiger partial charge on any atom is 0.341 e. The Labute approximate surface area is 98.1 Å². The van der Waals surface area contributed by atoms with Crippen molar-refractivity contribution in [3.8, 4) is 0 Å². The van der Waals surface area contributed by atoms with Crippen LogP contribution >= 0.6 is 11.3 Å². The predicted octanol–water partition coefficient (Wildman–Crippen LogP) is 3.57. The molecule has 1 aromatic heterocycles. The van der Waals surface area contributed by atoms with Crippen LogP contribution in [0.2, 0.25) is 0 Å². The molecule has 0 aromatic carbocycles. The molecule has 0 unspecified atom stereocenters. The van der Waals surface area contributed by atoms with Crippen molar-refractivity contribution in [2.75, 3.05) is 6.61 Å². The molecule has 0 amide bonds. The highest BCUT2D eigenvalue weighted by Crippen LogP contribution is 2.25. The van der Waals surface area contributed by atoms with E-state index in [-0.39, 0.29) is 18.6 Å². The average Bonchev–Trinajstić information content (AvgIpc) is 2.72. The zero-order chi connectivity index (χ0) is 12.0. The summed E-state index contributed by atoms with van der Waals surface area (Å²) < 4.78 is 18.5. The van der Waals surface area contributed by atoms with Gasteiger partial charge in [-0.05, 0) is 23.8 Å². The smallest absolute Gasteiger partial charge is 0.341 e. The van der Waals surface area contributed by atoms with Crippen LogP contribution in [0, 0.1) is 0 Å². The van der Waals surface area contributed by atoms with Crippen LogP contribution in [-0.2, 0) is 9.53 Å². The zero-order valence-corrected chi connectivity index (χ0v) is 9.85. The molecule has 1 rings (SSSR count). The molecule has 0 aliphatic carbocycles. The summed E-state index contributed by atoms with van der Waals surface area (Å²) >= 11 is 1.40. The van der Waals surface area contributed by atoms with E-state index in [1.165, 1.54) is 17.4 Å². The molecule has 1 aromatic rings. The highest BCUT2D eigenvalue weighted by atomic mass is 32.1. The van der Waals surface area contributed by atoms with Gasteiger partial charge in [-0.1, -0.05) is 6.08 Å². The van der Waals surface area contributed by atoms with Crippen molar-refractivity contribution < 1.29 is 13.9 Å². The summed E-state index contributed by atoms with van der Waals surface area (Å²) in [4.78, 5) is 11.6. The minimum Gasteiger partial charge on any atom is -0.462 e. The van der Waals surface area contributed by atoms with E-state index in [4.69, 9.17) is 4.74 Å². The highest BCUT2D eigenvalue weighted by molar-refractivity contribution is 7.08. The fourth-order valence-corrected chi connectivity index (χ4v) is 1.87. The summed E-state index contributed by atoms with van der Waals surface area (Å²) in [6, 6.07) is 1.69. The van der Waals surface area contributed by atoms with E-state index in [1.54, 1.807) is 23.8 Å². The Morgan fingerprint density at radius 2 is 2.44 bits per heavy atom. The quantitative estimate of drug-likeness (QED) is 0.447. The molecule has 0 saturated heterocycles. The monoisotopic (exact) mass is 240 g/mol. The van der Waals surface area contributed by atoms with E-state index < -0.39 is 11.8 Å². The van der Waals surface area contributed by atoms with Crippen LogP contribution in [0.25, 0.3) is 5.57 Å². The molecule has 0 radical (unpaired) electrons. The minimum absolute atomic E-state index is 0.00278. The van der Waals surface area contributed by atoms with Crippen LogP contribution in [0.1, 0.15) is 18.9 Å². The van der Waals surface area contributed by atoms with E-state index in [9.17, 15) is 9.18 Å². The maximum absolute atomic E-state index is 13.7. The van der Waals surface area contributed by atoms with E-state index in [0.29, 0.717) is 5.56 Å². The maximum atomic E-state index is 13.7. The van der Waals surface area contributed by atoms with Gasteiger partial charge in [0.25, 0.3) is 0 Å². The number of allylic oxidation sites excluding steroid dienone is 2. The summed E-state index contributed by atoms with van der Waals surface area (Å²) in [5, 5.41) is 3.50. The molecule has 0 aliphatic rings. The Kier molecular flexibility index (Phi) is 4.92. The molecule has 0 atom stereocenters. The number of halogens is 1. The van der Waals surface area contributed by atoms with E-state index in [0.717, 1.165) is 0 Å². The molecular weight excluding hydrogens is 227 g/mol. The van der Waals surface area contributed by atoms with Crippen molar-refractivity contribution in [1.82, 2.24) is 0 Å². The molecule has 16 heavy (non-hydrogen) atoms. The molecule has 0 saturated carbocycles. The van der Waals surface area contributed by atoms with Crippen LogP contribution < -0.4 is 0 Å². The van der Waals surface area contributed by atoms with Crippen LogP contribution in [0.3, 0.4) is 0 Å². The number of hydrogen-bond donors (Lipinski definition) is 0. The Morgan fingerprint density at radius 1 is 1.69 bits per heavy atom. The second-order valence-corrected chi connectivity index (χ2v) is 3.79. The Morgan fingerprint density at radius 3 is 2.94 bits per heavy atom. The molecule has 0 fully saturated rings. The van der Waals surface area contributed by atoms with Crippen molar-refractivity contribution >= 4 is 22.9 Å². The van der Waals surface area contributed by atoms with Crippen molar-refractivity contribution in [3.63, 3.8) is 0 Å². The largest absolute Gasteiger partial charge is 0.462 e. The summed E-state index contributed by atoms with van der Waals surface area (Å²) in [5.74, 6) is -1.13. The van der Waals surface area contributed by atoms with E-state index >= 15 is 0 Å². The van der Waals surface area contributed by atoms with Gasteiger partial charge in [-0.15, -0.1) is 6.58 Å². The molecule has 0 bridgehead atoms. The lowest BCUT2D eigenvalue weighted by molar-refractivity contribution is -0.136. The molecular formula is C12H13FO2S. The Hall–Kier alpha value is -1.42. The number of ether oxygens (including phenoxy) is 1. The molecule has 1 heterocycles. The second kappa shape index (κ2) is 6.23. The minimum atomic E-state index is -0.625. The number of hydrogen-bond acceptors (Lipinski definition) is 3. The van der Waals surface area contributed by atoms with Gasteiger partial charge < -0.3 is 4.74 Å². The van der Waals surface area contributed by atoms with Gasteiger partial charge in [0.1, 0.15) is 5.83 Å². The highest BCUT2D eigenvalue weighted by Gasteiger charge is 2.18. The zero-order valence-electron chi connectivity index (χ0n) is 9.03. The van der Waals surface area contributed by atoms with Crippen molar-refractivity contribution in [3.05, 3.63) is 40.9 Å². The third-order valence-electron chi connectivity index (χ3n) is 1.88. The lowest BCUT2D eigenvalue weighted by Crippen LogP contribution is -2.07. The third-order valence-corrected chi connectivity index (χ3v) is 2.57. The summed E-state index contributed by atoms with van der Waals surface area (Å²) in [7, 11) is 0. The Bertz CT molecular complexity index is 393. The first-order valence-corrected chi connectivity index (χ1v) is 5.84. The fraction of sp³-hybridized carbons (Fsp3) is 0.250. The van der Waals surface area contributed by atoms with Gasteiger partial charge in [0, 0.05) is 12.0 Å². The summed E-state index contributed by atoms with van der Waals surface area (Å²) in [6.07, 6.45) is 1.45. The molecule has 2 nitrogen and oxygen atoms in total. The standard InChI is InChI=1S/C12H13FO2S/c1-3-5-10(13)11(12(14)15-4-2)9-6-7-16-8-9/h3,6-8H,1,4-5H2,2H3/b11-10+. The van der Waals surface area contributed by atoms with Gasteiger partial charge in [0.15, 0.2) is 0 Å². The van der Waals surface area contributed by atoms with Crippen LogP contribution in [0.5, 0.6) is 0 Å². The van der Waals surface area contributed by atoms with E-state index in [2.05, 4.69) is 6.58 Å². The second-order valence-electron chi connectivity index (χ2n) is 3.01. The van der Waals surface area contributed by atoms with Crippen LogP contribution in [0.4, 0.5) is 4.39 Å². The third kappa shape index (κ3) is 3.03. The van der Waals surface area contributed by atoms with Crippen LogP contribution in [0.15, 0.2) is 35.3 Å². The van der Waals surface area contributed by atoms with Crippen LogP contribution in [-0.4, -0.2) is 12.6 Å². The lowest BCUT2D eigenvalue weighted by Gasteiger charge is -2.06. The number of thiophene rings is 1. The van der Waals surface area contributed by atoms with Crippen molar-refractivity contribution in [1.29, 1.82) is 0 Å². The normalized spacial score (nSPS) is 11.9. The lowest BCUT2D eigenvalue weighted by atomic mass is 10.1. The summed E-state index contributed by atoms with van der Waals surface area (Å²) in [5.41, 5.74) is 0.561. The molecule has 86 valence electrons. The predicted molar refractivity (Wildman–Crippen MR) is 63.8 cm³/mol. The number of carbonyl (C=O) groups excluding carboxylic acids is 1. The SMILES string of the molecule is C=CC/C(F)=C(\C(=O)OCC)c1ccsc1. The first kappa shape index (κ1) is 12.6. The molecule has 0 aliphatic heterocycles. The van der Waals surface area contributed by atoms with Gasteiger partial charge in [0.2, 0.25) is 0 Å². The first-order valence-electron chi connectivity index (χ1n) is 4.90. The fourth-order valence-electron chi connectivity index (χ4n) is 1.22. The molecule has 4 heteroatoms. The average molecular weight is 240 g/mol. The van der Waals surface area contributed by atoms with Gasteiger partial charge in [0.05, 0.1) is 12.2 Å². The number of carbonyl (C=O) groups is 1. The summed E-state index contributed by atoms with van der Waals surface area (Å²) in [6.45, 7) is 5.37. The number of rotatable bonds is 5. The topological polar surface area (TPSA) is 26.3 Å². The van der Waals surface area contributed by atoms with Gasteiger partial charge in [-0.3, -0.25) is 0 Å². The van der Waals surface area contributed by atoms with Crippen molar-refractivity contribution in [2.45, 2.75) is 13.3 Å². The van der Waals surface area contributed by atoms with Gasteiger partial charge in [-0.2, -0.15) is 11.3 Å². The first-order chi connectivity index (χ1) is 7.70. The van der Waals surface area contributed by atoms with Gasteiger partial charge in [-0.25, -0.2) is 9.18 Å².